The van der Waals surface area contributed by atoms with Crippen molar-refractivity contribution in [1.29, 1.82) is 5.41 Å². The fourth-order valence-corrected chi connectivity index (χ4v) is 2.70. The van der Waals surface area contributed by atoms with Crippen LogP contribution in [0.1, 0.15) is 12.7 Å². The molecule has 9 heteroatoms. The molecule has 2 aliphatic rings. The molecule has 27 heavy (non-hydrogen) atoms. The quantitative estimate of drug-likeness (QED) is 0.506. The number of benzene rings is 1. The molecule has 4 rings (SSSR count). The zero-order valence-corrected chi connectivity index (χ0v) is 14.0. The second kappa shape index (κ2) is 6.06. The van der Waals surface area contributed by atoms with Gasteiger partial charge in [0.2, 0.25) is 0 Å². The van der Waals surface area contributed by atoms with Crippen LogP contribution in [0.3, 0.4) is 0 Å². The van der Waals surface area contributed by atoms with Crippen LogP contribution < -0.4 is 0 Å². The molecule has 1 N–H and O–H groups in total. The van der Waals surface area contributed by atoms with Crippen molar-refractivity contribution in [3.63, 3.8) is 0 Å². The van der Waals surface area contributed by atoms with Gasteiger partial charge in [0.25, 0.3) is 11.6 Å². The highest BCUT2D eigenvalue weighted by atomic mass is 16.7. The number of aliphatic imine (C=N–C) groups is 1. The monoisotopic (exact) mass is 364 g/mol. The third-order valence-corrected chi connectivity index (χ3v) is 3.94. The van der Waals surface area contributed by atoms with E-state index in [0.717, 1.165) is 5.06 Å². The molecular formula is C18H12N4O5. The predicted molar refractivity (Wildman–Crippen MR) is 95.6 cm³/mol. The van der Waals surface area contributed by atoms with Gasteiger partial charge in [-0.05, 0) is 25.1 Å². The molecule has 134 valence electrons. The van der Waals surface area contributed by atoms with Crippen molar-refractivity contribution in [2.45, 2.75) is 6.92 Å². The Bertz CT molecular complexity index is 1090. The number of non-ortho nitro benzene ring substituents is 1. The number of nitrogens with zero attached hydrogens (tertiary/aromatic N) is 3. The van der Waals surface area contributed by atoms with E-state index in [1.807, 2.05) is 0 Å². The van der Waals surface area contributed by atoms with Crippen molar-refractivity contribution in [2.24, 2.45) is 4.99 Å². The van der Waals surface area contributed by atoms with E-state index >= 15 is 0 Å². The first-order chi connectivity index (χ1) is 12.9. The van der Waals surface area contributed by atoms with E-state index in [1.54, 1.807) is 37.3 Å². The van der Waals surface area contributed by atoms with Crippen LogP contribution in [0.4, 0.5) is 5.69 Å². The molecule has 0 bridgehead atoms. The number of allylic oxidation sites excluding steroid dienone is 1. The number of carbonyl (C=O) groups is 1. The number of fused-ring (bicyclic) bond motifs is 1. The lowest BCUT2D eigenvalue weighted by Crippen LogP contribution is -2.38. The number of amides is 1. The highest BCUT2D eigenvalue weighted by molar-refractivity contribution is 6.32. The molecule has 0 saturated carbocycles. The number of nitro groups is 1. The number of nitro benzene ring substituents is 1. The molecule has 3 heterocycles. The first-order valence-corrected chi connectivity index (χ1v) is 7.87. The summed E-state index contributed by atoms with van der Waals surface area (Å²) in [7, 11) is 0. The lowest BCUT2D eigenvalue weighted by atomic mass is 10.1. The van der Waals surface area contributed by atoms with E-state index in [4.69, 9.17) is 14.7 Å². The topological polar surface area (TPSA) is 122 Å². The second-order valence-electron chi connectivity index (χ2n) is 5.83. The normalized spacial score (nSPS) is 17.5. The maximum Gasteiger partial charge on any atom is 0.283 e. The van der Waals surface area contributed by atoms with Gasteiger partial charge in [0, 0.05) is 23.8 Å². The molecule has 1 amide bonds. The smallest absolute Gasteiger partial charge is 0.283 e. The van der Waals surface area contributed by atoms with E-state index < -0.39 is 10.8 Å². The van der Waals surface area contributed by atoms with Gasteiger partial charge < -0.3 is 9.25 Å². The molecule has 0 saturated heterocycles. The molecule has 2 aromatic rings. The van der Waals surface area contributed by atoms with Crippen LogP contribution in [0.25, 0.3) is 17.4 Å². The molecule has 0 fully saturated rings. The highest BCUT2D eigenvalue weighted by Crippen LogP contribution is 2.28. The molecule has 0 spiro atoms. The maximum absolute atomic E-state index is 12.2. The van der Waals surface area contributed by atoms with Gasteiger partial charge in [-0.15, -0.1) is 5.06 Å². The Balaban J connectivity index is 1.65. The maximum atomic E-state index is 12.2. The van der Waals surface area contributed by atoms with Gasteiger partial charge >= 0.3 is 0 Å². The molecule has 0 unspecified atom stereocenters. The van der Waals surface area contributed by atoms with E-state index in [9.17, 15) is 14.9 Å². The molecule has 1 aromatic carbocycles. The largest absolute Gasteiger partial charge is 0.457 e. The van der Waals surface area contributed by atoms with Crippen LogP contribution in [-0.4, -0.2) is 27.6 Å². The summed E-state index contributed by atoms with van der Waals surface area (Å²) in [6.07, 6.45) is 2.96. The summed E-state index contributed by atoms with van der Waals surface area (Å²) < 4.78 is 5.67. The zero-order valence-electron chi connectivity index (χ0n) is 14.0. The van der Waals surface area contributed by atoms with E-state index in [0.29, 0.717) is 22.8 Å². The SMILES string of the molecule is CC1=CC2=NC(=O)/C(=C/c3ccc(-c4cccc([N+](=O)[O-])c4)o3)C(=N)N2O1. The van der Waals surface area contributed by atoms with E-state index in [1.165, 1.54) is 18.2 Å². The van der Waals surface area contributed by atoms with Crippen molar-refractivity contribution >= 4 is 29.3 Å². The first-order valence-electron chi connectivity index (χ1n) is 7.87. The number of rotatable bonds is 3. The van der Waals surface area contributed by atoms with Gasteiger partial charge in [0.15, 0.2) is 11.7 Å². The standard InChI is InChI=1S/C18H12N4O5/c1-10-7-16-20-18(23)14(17(19)21(16)27-10)9-13-5-6-15(26-13)11-3-2-4-12(8-11)22(24)25/h2-9,19H,1H3/b14-9+,19-17?. The Kier molecular flexibility index (Phi) is 3.69. The van der Waals surface area contributed by atoms with Gasteiger partial charge in [-0.25, -0.2) is 0 Å². The minimum atomic E-state index is -0.575. The van der Waals surface area contributed by atoms with Crippen LogP contribution in [0, 0.1) is 15.5 Å². The molecule has 9 nitrogen and oxygen atoms in total. The van der Waals surface area contributed by atoms with Crippen LogP contribution in [0.15, 0.2) is 63.2 Å². The summed E-state index contributed by atoms with van der Waals surface area (Å²) in [6, 6.07) is 9.26. The minimum Gasteiger partial charge on any atom is -0.457 e. The molecule has 0 radical (unpaired) electrons. The summed E-state index contributed by atoms with van der Waals surface area (Å²) in [4.78, 5) is 31.9. The Hall–Kier alpha value is -4.01. The van der Waals surface area contributed by atoms with Gasteiger partial charge in [-0.2, -0.15) is 4.99 Å². The Labute approximate surface area is 152 Å². The van der Waals surface area contributed by atoms with E-state index in [-0.39, 0.29) is 22.9 Å². The van der Waals surface area contributed by atoms with Gasteiger partial charge in [-0.1, -0.05) is 12.1 Å². The summed E-state index contributed by atoms with van der Waals surface area (Å²) >= 11 is 0. The number of nitrogens with one attached hydrogen (secondary N) is 1. The first kappa shape index (κ1) is 16.5. The number of hydrogen-bond donors (Lipinski definition) is 1. The number of carbonyl (C=O) groups excluding carboxylic acids is 1. The summed E-state index contributed by atoms with van der Waals surface area (Å²) in [5.41, 5.74) is 0.493. The van der Waals surface area contributed by atoms with Crippen molar-refractivity contribution in [2.75, 3.05) is 0 Å². The number of amidine groups is 2. The summed E-state index contributed by atoms with van der Waals surface area (Å²) in [5.74, 6) is 0.780. The zero-order chi connectivity index (χ0) is 19.1. The average molecular weight is 364 g/mol. The third-order valence-electron chi connectivity index (χ3n) is 3.94. The van der Waals surface area contributed by atoms with Crippen molar-refractivity contribution < 1.29 is 19.0 Å². The second-order valence-corrected chi connectivity index (χ2v) is 5.83. The number of hydrogen-bond acceptors (Lipinski definition) is 6. The number of hydroxylamine groups is 2. The molecule has 0 atom stereocenters. The lowest BCUT2D eigenvalue weighted by Gasteiger charge is -2.22. The van der Waals surface area contributed by atoms with Crippen molar-refractivity contribution in [3.8, 4) is 11.3 Å². The van der Waals surface area contributed by atoms with Gasteiger partial charge in [-0.3, -0.25) is 20.3 Å². The fourth-order valence-electron chi connectivity index (χ4n) is 2.70. The Morgan fingerprint density at radius 1 is 1.30 bits per heavy atom. The molecular weight excluding hydrogens is 352 g/mol. The summed E-state index contributed by atoms with van der Waals surface area (Å²) in [5, 5.41) is 20.2. The van der Waals surface area contributed by atoms with Crippen LogP contribution >= 0.6 is 0 Å². The van der Waals surface area contributed by atoms with Gasteiger partial charge in [0.1, 0.15) is 17.3 Å². The summed E-state index contributed by atoms with van der Waals surface area (Å²) in [6.45, 7) is 1.69. The van der Waals surface area contributed by atoms with Crippen LogP contribution in [0.2, 0.25) is 0 Å². The molecule has 1 aromatic heterocycles. The molecule has 2 aliphatic heterocycles. The number of furan rings is 1. The van der Waals surface area contributed by atoms with Crippen molar-refractivity contribution in [3.05, 3.63) is 69.7 Å². The van der Waals surface area contributed by atoms with Crippen LogP contribution in [-0.2, 0) is 9.63 Å². The van der Waals surface area contributed by atoms with E-state index in [2.05, 4.69) is 4.99 Å². The average Bonchev–Trinajstić information content (AvgIpc) is 3.25. The lowest BCUT2D eigenvalue weighted by molar-refractivity contribution is -0.384. The fraction of sp³-hybridized carbons (Fsp3) is 0.0556. The van der Waals surface area contributed by atoms with Crippen molar-refractivity contribution in [1.82, 2.24) is 5.06 Å². The third kappa shape index (κ3) is 2.91. The Morgan fingerprint density at radius 3 is 2.89 bits per heavy atom. The minimum absolute atomic E-state index is 0.0155. The molecule has 0 aliphatic carbocycles. The highest BCUT2D eigenvalue weighted by Gasteiger charge is 2.34. The van der Waals surface area contributed by atoms with Crippen LogP contribution in [0.5, 0.6) is 0 Å². The van der Waals surface area contributed by atoms with Gasteiger partial charge in [0.05, 0.1) is 10.5 Å². The predicted octanol–water partition coefficient (Wildman–Crippen LogP) is 3.31. The Morgan fingerprint density at radius 2 is 2.11 bits per heavy atom.